The fourth-order valence-electron chi connectivity index (χ4n) is 0.474. The molecule has 5 N–H and O–H groups in total. The van der Waals surface area contributed by atoms with Crippen molar-refractivity contribution in [2.45, 2.75) is 6.04 Å². The Balaban J connectivity index is 4.32. The first-order valence-corrected chi connectivity index (χ1v) is 4.66. The molecule has 0 saturated heterocycles. The molecule has 0 amide bonds. The molecule has 0 aromatic carbocycles. The van der Waals surface area contributed by atoms with Crippen molar-refractivity contribution < 1.29 is 17.7 Å². The Hall–Kier alpha value is -0.800. The minimum atomic E-state index is -2.67. The molecule has 0 radical (unpaired) electrons. The van der Waals surface area contributed by atoms with Gasteiger partial charge in [-0.15, -0.1) is 0 Å². The number of nitrogens with zero attached hydrogens (tertiary/aromatic N) is 1. The van der Waals surface area contributed by atoms with Gasteiger partial charge in [0, 0.05) is 5.75 Å². The van der Waals surface area contributed by atoms with Crippen LogP contribution in [0.4, 0.5) is 0 Å². The van der Waals surface area contributed by atoms with Gasteiger partial charge in [-0.3, -0.25) is 4.55 Å². The molecule has 0 aliphatic rings. The Morgan fingerprint density at radius 1 is 1.69 bits per heavy atom. The zero-order valence-corrected chi connectivity index (χ0v) is 8.12. The number of rotatable bonds is 4. The number of carbonyl (C=O) groups excluding carboxylic acids is 1. The van der Waals surface area contributed by atoms with E-state index in [1.54, 1.807) is 0 Å². The largest absolute Gasteiger partial charge is 0.370 e. The summed E-state index contributed by atoms with van der Waals surface area (Å²) in [7, 11) is 0. The Morgan fingerprint density at radius 3 is 2.54 bits per heavy atom. The third kappa shape index (κ3) is 5.44. The van der Waals surface area contributed by atoms with Crippen molar-refractivity contribution in [1.82, 2.24) is 0 Å². The van der Waals surface area contributed by atoms with Crippen LogP contribution in [0.5, 0.6) is 0 Å². The number of guanidine groups is 1. The van der Waals surface area contributed by atoms with E-state index in [9.17, 15) is 9.00 Å². The van der Waals surface area contributed by atoms with Gasteiger partial charge in [0.15, 0.2) is 12.0 Å². The van der Waals surface area contributed by atoms with E-state index in [0.717, 1.165) is 0 Å². The highest BCUT2D eigenvalue weighted by Gasteiger charge is 2.19. The molecule has 0 aromatic rings. The van der Waals surface area contributed by atoms with Crippen molar-refractivity contribution >= 4 is 35.9 Å². The van der Waals surface area contributed by atoms with Gasteiger partial charge in [0.25, 0.3) is 0 Å². The minimum Gasteiger partial charge on any atom is -0.370 e. The molecule has 0 bridgehead atoms. The topological polar surface area (TPSA) is 128 Å². The maximum absolute atomic E-state index is 10.9. The minimum absolute atomic E-state index is 0.0199. The molecular formula is C4H9N3O4S2. The lowest BCUT2D eigenvalue weighted by Crippen LogP contribution is -2.31. The van der Waals surface area contributed by atoms with Crippen molar-refractivity contribution in [2.75, 3.05) is 5.75 Å². The number of carbonyl (C=O) groups is 1. The molecule has 0 saturated carbocycles. The predicted octanol–water partition coefficient (Wildman–Crippen LogP) is -1.76. The molecule has 76 valence electrons. The van der Waals surface area contributed by atoms with E-state index in [1.807, 2.05) is 0 Å². The molecule has 0 fully saturated rings. The molecule has 0 spiro atoms. The van der Waals surface area contributed by atoms with Crippen LogP contribution in [0.25, 0.3) is 0 Å². The van der Waals surface area contributed by atoms with Crippen LogP contribution in [0, 0.1) is 0 Å². The molecule has 9 heteroatoms. The second kappa shape index (κ2) is 5.78. The van der Waals surface area contributed by atoms with Crippen molar-refractivity contribution in [3.05, 3.63) is 0 Å². The van der Waals surface area contributed by atoms with Gasteiger partial charge >= 0.3 is 17.3 Å². The number of aliphatic imine (C=N–C) groups is 1. The predicted molar refractivity (Wildman–Crippen MR) is 50.3 cm³/mol. The molecule has 0 rings (SSSR count). The molecule has 0 heterocycles. The van der Waals surface area contributed by atoms with E-state index in [4.69, 9.17) is 16.0 Å². The normalized spacial score (nSPS) is 14.3. The summed E-state index contributed by atoms with van der Waals surface area (Å²) in [5.41, 5.74) is 9.97. The first kappa shape index (κ1) is 12.2. The summed E-state index contributed by atoms with van der Waals surface area (Å²) >= 11 is 1.09. The molecular weight excluding hydrogens is 218 g/mol. The summed E-state index contributed by atoms with van der Waals surface area (Å²) in [6.07, 6.45) is 0. The van der Waals surface area contributed by atoms with Gasteiger partial charge < -0.3 is 15.7 Å². The van der Waals surface area contributed by atoms with Crippen LogP contribution >= 0.6 is 12.6 Å². The van der Waals surface area contributed by atoms with E-state index < -0.39 is 23.4 Å². The van der Waals surface area contributed by atoms with E-state index in [-0.39, 0.29) is 11.7 Å². The monoisotopic (exact) mass is 227 g/mol. The number of hydrogen-bond donors (Lipinski definition) is 4. The molecule has 0 aliphatic carbocycles. The average Bonchev–Trinajstić information content (AvgIpc) is 1.98. The van der Waals surface area contributed by atoms with Crippen LogP contribution in [0.1, 0.15) is 0 Å². The molecule has 13 heavy (non-hydrogen) atoms. The molecule has 2 unspecified atom stereocenters. The SMILES string of the molecule is NC(N)=NC(CS)C(=O)OS(=O)O. The molecule has 2 atom stereocenters. The van der Waals surface area contributed by atoms with Gasteiger partial charge in [0.1, 0.15) is 0 Å². The third-order valence-corrected chi connectivity index (χ3v) is 1.56. The Bertz CT molecular complexity index is 240. The number of nitrogens with two attached hydrogens (primary N) is 2. The van der Waals surface area contributed by atoms with Crippen LogP contribution < -0.4 is 11.5 Å². The summed E-state index contributed by atoms with van der Waals surface area (Å²) in [4.78, 5) is 14.3. The van der Waals surface area contributed by atoms with Crippen molar-refractivity contribution in [2.24, 2.45) is 16.5 Å². The zero-order chi connectivity index (χ0) is 10.4. The fraction of sp³-hybridized carbons (Fsp3) is 0.500. The molecule has 7 nitrogen and oxygen atoms in total. The van der Waals surface area contributed by atoms with Crippen LogP contribution in [-0.4, -0.2) is 32.5 Å². The summed E-state index contributed by atoms with van der Waals surface area (Å²) in [5.74, 6) is -1.35. The Morgan fingerprint density at radius 2 is 2.23 bits per heavy atom. The fourth-order valence-corrected chi connectivity index (χ4v) is 0.956. The second-order valence-electron chi connectivity index (χ2n) is 1.87. The average molecular weight is 227 g/mol. The van der Waals surface area contributed by atoms with Crippen LogP contribution in [0.2, 0.25) is 0 Å². The van der Waals surface area contributed by atoms with Gasteiger partial charge in [-0.1, -0.05) is 0 Å². The first-order valence-electron chi connectivity index (χ1n) is 3.00. The molecule has 0 aliphatic heterocycles. The van der Waals surface area contributed by atoms with E-state index in [2.05, 4.69) is 21.8 Å². The Labute approximate surface area is 82.4 Å². The van der Waals surface area contributed by atoms with Gasteiger partial charge in [-0.05, 0) is 0 Å². The number of hydrogen-bond acceptors (Lipinski definition) is 5. The quantitative estimate of drug-likeness (QED) is 0.195. The maximum atomic E-state index is 10.9. The lowest BCUT2D eigenvalue weighted by Gasteiger charge is -2.06. The van der Waals surface area contributed by atoms with Gasteiger partial charge in [-0.25, -0.2) is 9.79 Å². The highest BCUT2D eigenvalue weighted by molar-refractivity contribution is 7.80. The third-order valence-electron chi connectivity index (χ3n) is 0.903. The van der Waals surface area contributed by atoms with Crippen molar-refractivity contribution in [1.29, 1.82) is 0 Å². The summed E-state index contributed by atoms with van der Waals surface area (Å²) in [6, 6.07) is -1.07. The van der Waals surface area contributed by atoms with Gasteiger partial charge in [0.2, 0.25) is 0 Å². The maximum Gasteiger partial charge on any atom is 0.360 e. The number of thiol groups is 1. The second-order valence-corrected chi connectivity index (χ2v) is 2.84. The highest BCUT2D eigenvalue weighted by atomic mass is 32.2. The van der Waals surface area contributed by atoms with Crippen LogP contribution in [0.15, 0.2) is 4.99 Å². The summed E-state index contributed by atoms with van der Waals surface area (Å²) in [6.45, 7) is 0. The highest BCUT2D eigenvalue weighted by Crippen LogP contribution is 1.98. The summed E-state index contributed by atoms with van der Waals surface area (Å²) < 4.78 is 22.2. The van der Waals surface area contributed by atoms with Crippen molar-refractivity contribution in [3.8, 4) is 0 Å². The van der Waals surface area contributed by atoms with Gasteiger partial charge in [-0.2, -0.15) is 16.8 Å². The van der Waals surface area contributed by atoms with Crippen LogP contribution in [0.3, 0.4) is 0 Å². The lowest BCUT2D eigenvalue weighted by atomic mass is 10.4. The van der Waals surface area contributed by atoms with E-state index in [0.29, 0.717) is 0 Å². The first-order chi connectivity index (χ1) is 5.97. The van der Waals surface area contributed by atoms with Crippen LogP contribution in [-0.2, 0) is 20.3 Å². The van der Waals surface area contributed by atoms with E-state index >= 15 is 0 Å². The van der Waals surface area contributed by atoms with E-state index in [1.165, 1.54) is 0 Å². The van der Waals surface area contributed by atoms with Gasteiger partial charge in [0.05, 0.1) is 0 Å². The lowest BCUT2D eigenvalue weighted by molar-refractivity contribution is -0.134. The zero-order valence-electron chi connectivity index (χ0n) is 6.41. The van der Waals surface area contributed by atoms with Crippen molar-refractivity contribution in [3.63, 3.8) is 0 Å². The smallest absolute Gasteiger partial charge is 0.360 e. The Kier molecular flexibility index (Phi) is 5.42. The summed E-state index contributed by atoms with van der Waals surface area (Å²) in [5, 5.41) is 0. The standard InChI is InChI=1S/C4H9N3O4S2/c5-4(6)7-2(1-12)3(8)11-13(9)10/h2,12H,1H2,(H,9,10)(H4,5,6,7). The molecule has 0 aromatic heterocycles.